The third kappa shape index (κ3) is 4.05. The first-order valence-electron chi connectivity index (χ1n) is 18.0. The lowest BCUT2D eigenvalue weighted by molar-refractivity contribution is 0.600. The molecule has 246 valence electrons. The molecule has 0 fully saturated rings. The number of rotatable bonds is 3. The molecule has 0 aliphatic rings. The van der Waals surface area contributed by atoms with Crippen molar-refractivity contribution < 1.29 is 13.3 Å². The molecule has 0 amide bonds. The smallest absolute Gasteiger partial charge is 0.178 e. The molecule has 9 aromatic carbocycles. The van der Waals surface area contributed by atoms with Crippen LogP contribution in [0.15, 0.2) is 183 Å². The highest BCUT2D eigenvalue weighted by Crippen LogP contribution is 2.47. The molecular weight excluding hydrogens is 649 g/mol. The Hall–Kier alpha value is -7.10. The van der Waals surface area contributed by atoms with Gasteiger partial charge in [0.15, 0.2) is 11.2 Å². The molecule has 0 saturated heterocycles. The van der Waals surface area contributed by atoms with Gasteiger partial charge in [-0.2, -0.15) is 0 Å². The van der Waals surface area contributed by atoms with Gasteiger partial charge in [0.05, 0.1) is 6.26 Å². The highest BCUT2D eigenvalue weighted by molar-refractivity contribution is 6.25. The van der Waals surface area contributed by atoms with E-state index in [0.717, 1.165) is 77.1 Å². The van der Waals surface area contributed by atoms with Gasteiger partial charge in [-0.3, -0.25) is 0 Å². The van der Waals surface area contributed by atoms with Crippen LogP contribution in [-0.4, -0.2) is 0 Å². The summed E-state index contributed by atoms with van der Waals surface area (Å²) in [5.41, 5.74) is 10.9. The first-order chi connectivity index (χ1) is 26.3. The molecule has 12 rings (SSSR count). The monoisotopic (exact) mass is 676 g/mol. The highest BCUT2D eigenvalue weighted by Gasteiger charge is 2.22. The summed E-state index contributed by atoms with van der Waals surface area (Å²) in [7, 11) is 0. The number of hydrogen-bond acceptors (Lipinski definition) is 3. The minimum Gasteiger partial charge on any atom is -0.460 e. The van der Waals surface area contributed by atoms with Crippen molar-refractivity contribution in [1.82, 2.24) is 0 Å². The summed E-state index contributed by atoms with van der Waals surface area (Å²) in [4.78, 5) is 0. The molecule has 0 bridgehead atoms. The van der Waals surface area contributed by atoms with E-state index >= 15 is 0 Å². The number of benzene rings is 9. The summed E-state index contributed by atoms with van der Waals surface area (Å²) >= 11 is 0. The molecule has 3 heterocycles. The molecule has 0 unspecified atom stereocenters. The van der Waals surface area contributed by atoms with Gasteiger partial charge < -0.3 is 13.3 Å². The summed E-state index contributed by atoms with van der Waals surface area (Å²) in [6, 6.07) is 58.2. The molecule has 0 N–H and O–H groups in total. The van der Waals surface area contributed by atoms with Gasteiger partial charge in [0.1, 0.15) is 16.7 Å². The van der Waals surface area contributed by atoms with Gasteiger partial charge in [0, 0.05) is 43.6 Å². The van der Waals surface area contributed by atoms with Crippen LogP contribution in [0.5, 0.6) is 0 Å². The first kappa shape index (κ1) is 28.6. The second kappa shape index (κ2) is 10.7. The van der Waals surface area contributed by atoms with E-state index in [2.05, 4.69) is 152 Å². The predicted molar refractivity (Wildman–Crippen MR) is 220 cm³/mol. The minimum atomic E-state index is 0.767. The van der Waals surface area contributed by atoms with E-state index in [1.165, 1.54) is 43.4 Å². The van der Waals surface area contributed by atoms with Gasteiger partial charge in [0.25, 0.3) is 0 Å². The second-order valence-corrected chi connectivity index (χ2v) is 14.0. The summed E-state index contributed by atoms with van der Waals surface area (Å²) < 4.78 is 19.6. The summed E-state index contributed by atoms with van der Waals surface area (Å²) in [5, 5.41) is 12.5. The molecule has 53 heavy (non-hydrogen) atoms. The SMILES string of the molecule is c1ccc2cc(-c3coc4c3ccc3c5ccc(-c6c7ccccc7c(-c7cccc8c7oc7ccccc78)c7ccccc67)cc5oc34)ccc2c1. The topological polar surface area (TPSA) is 39.4 Å². The van der Waals surface area contributed by atoms with Gasteiger partial charge in [-0.05, 0) is 85.4 Å². The predicted octanol–water partition coefficient (Wildman–Crippen LogP) is 14.7. The molecule has 0 saturated carbocycles. The quantitative estimate of drug-likeness (QED) is 0.175. The lowest BCUT2D eigenvalue weighted by Crippen LogP contribution is -1.91. The van der Waals surface area contributed by atoms with E-state index in [-0.39, 0.29) is 0 Å². The van der Waals surface area contributed by atoms with Crippen molar-refractivity contribution in [3.63, 3.8) is 0 Å². The van der Waals surface area contributed by atoms with Crippen molar-refractivity contribution in [3.8, 4) is 33.4 Å². The van der Waals surface area contributed by atoms with Crippen LogP contribution in [0, 0.1) is 0 Å². The van der Waals surface area contributed by atoms with Crippen molar-refractivity contribution in [1.29, 1.82) is 0 Å². The molecule has 0 spiro atoms. The maximum atomic E-state index is 6.74. The van der Waals surface area contributed by atoms with E-state index in [9.17, 15) is 0 Å². The Labute approximate surface area is 302 Å². The zero-order valence-electron chi connectivity index (χ0n) is 28.4. The lowest BCUT2D eigenvalue weighted by Gasteiger charge is -2.17. The van der Waals surface area contributed by atoms with Crippen molar-refractivity contribution >= 4 is 87.2 Å². The number of hydrogen-bond donors (Lipinski definition) is 0. The van der Waals surface area contributed by atoms with Gasteiger partial charge in [-0.25, -0.2) is 0 Å². The third-order valence-corrected chi connectivity index (χ3v) is 11.1. The van der Waals surface area contributed by atoms with E-state index in [1.54, 1.807) is 0 Å². The summed E-state index contributed by atoms with van der Waals surface area (Å²) in [5.74, 6) is 0. The van der Waals surface area contributed by atoms with Crippen LogP contribution >= 0.6 is 0 Å². The Balaban J connectivity index is 1.07. The first-order valence-corrected chi connectivity index (χ1v) is 18.0. The molecule has 12 aromatic rings. The minimum absolute atomic E-state index is 0.767. The van der Waals surface area contributed by atoms with Crippen LogP contribution in [0.3, 0.4) is 0 Å². The zero-order chi connectivity index (χ0) is 34.6. The lowest BCUT2D eigenvalue weighted by atomic mass is 9.85. The fourth-order valence-electron chi connectivity index (χ4n) is 8.74. The van der Waals surface area contributed by atoms with Crippen LogP contribution < -0.4 is 0 Å². The number of fused-ring (bicyclic) bond motifs is 11. The zero-order valence-corrected chi connectivity index (χ0v) is 28.4. The number of para-hydroxylation sites is 2. The van der Waals surface area contributed by atoms with Crippen molar-refractivity contribution in [2.24, 2.45) is 0 Å². The van der Waals surface area contributed by atoms with E-state index < -0.39 is 0 Å². The molecule has 0 aliphatic carbocycles. The molecule has 3 heteroatoms. The average Bonchev–Trinajstić information content (AvgIpc) is 3.93. The van der Waals surface area contributed by atoms with Gasteiger partial charge in [-0.1, -0.05) is 127 Å². The van der Waals surface area contributed by atoms with Crippen LogP contribution in [0.1, 0.15) is 0 Å². The number of furan rings is 3. The average molecular weight is 677 g/mol. The Morgan fingerprint density at radius 3 is 1.70 bits per heavy atom. The summed E-state index contributed by atoms with van der Waals surface area (Å²) in [6.07, 6.45) is 1.86. The third-order valence-electron chi connectivity index (χ3n) is 11.1. The largest absolute Gasteiger partial charge is 0.460 e. The van der Waals surface area contributed by atoms with Crippen LogP contribution in [0.25, 0.3) is 121 Å². The van der Waals surface area contributed by atoms with Crippen LogP contribution in [0.4, 0.5) is 0 Å². The Morgan fingerprint density at radius 2 is 0.887 bits per heavy atom. The fraction of sp³-hybridized carbons (Fsp3) is 0. The maximum Gasteiger partial charge on any atom is 0.178 e. The normalized spacial score (nSPS) is 12.2. The standard InChI is InChI=1S/C50H28O3/c1-2-11-30-26-31(21-20-29(30)10-1)43-28-51-49-41(43)25-24-40-34-23-22-32(27-45(34)53-50(40)49)46-35-13-3-5-15-37(35)47(38-16-6-4-14-36(38)46)42-18-9-17-39-33-12-7-8-19-44(33)52-48(39)42/h1-28H. The van der Waals surface area contributed by atoms with Gasteiger partial charge in [-0.15, -0.1) is 0 Å². The second-order valence-electron chi connectivity index (χ2n) is 14.0. The molecule has 0 atom stereocenters. The molecule has 0 radical (unpaired) electrons. The van der Waals surface area contributed by atoms with Crippen LogP contribution in [0.2, 0.25) is 0 Å². The van der Waals surface area contributed by atoms with E-state index in [1.807, 2.05) is 18.4 Å². The van der Waals surface area contributed by atoms with Crippen molar-refractivity contribution in [3.05, 3.63) is 170 Å². The Kier molecular flexibility index (Phi) is 5.77. The van der Waals surface area contributed by atoms with Crippen molar-refractivity contribution in [2.45, 2.75) is 0 Å². The van der Waals surface area contributed by atoms with Crippen molar-refractivity contribution in [2.75, 3.05) is 0 Å². The fourth-order valence-corrected chi connectivity index (χ4v) is 8.74. The molecule has 0 aliphatic heterocycles. The molecule has 3 aromatic heterocycles. The Bertz CT molecular complexity index is 3410. The van der Waals surface area contributed by atoms with Gasteiger partial charge in [0.2, 0.25) is 0 Å². The highest BCUT2D eigenvalue weighted by atomic mass is 16.4. The molecular formula is C50H28O3. The summed E-state index contributed by atoms with van der Waals surface area (Å²) in [6.45, 7) is 0. The molecule has 3 nitrogen and oxygen atoms in total. The van der Waals surface area contributed by atoms with E-state index in [4.69, 9.17) is 13.3 Å². The van der Waals surface area contributed by atoms with Crippen LogP contribution in [-0.2, 0) is 0 Å². The van der Waals surface area contributed by atoms with E-state index in [0.29, 0.717) is 0 Å². The maximum absolute atomic E-state index is 6.74. The van der Waals surface area contributed by atoms with Gasteiger partial charge >= 0.3 is 0 Å². The Morgan fingerprint density at radius 1 is 0.302 bits per heavy atom.